The van der Waals surface area contributed by atoms with Crippen molar-refractivity contribution in [1.82, 2.24) is 5.32 Å². The molecule has 0 saturated carbocycles. The molecule has 2 aromatic rings. The highest BCUT2D eigenvalue weighted by Gasteiger charge is 2.12. The number of rotatable bonds is 6. The van der Waals surface area contributed by atoms with Gasteiger partial charge in [-0.1, -0.05) is 43.3 Å². The molecule has 0 aromatic heterocycles. The molecule has 1 unspecified atom stereocenters. The Morgan fingerprint density at radius 3 is 2.35 bits per heavy atom. The molecule has 106 valence electrons. The zero-order valence-corrected chi connectivity index (χ0v) is 12.5. The molecule has 2 rings (SSSR count). The summed E-state index contributed by atoms with van der Waals surface area (Å²) < 4.78 is 5.50. The van der Waals surface area contributed by atoms with Gasteiger partial charge in [0.2, 0.25) is 0 Å². The number of hydrogen-bond donors (Lipinski definition) is 1. The summed E-state index contributed by atoms with van der Waals surface area (Å²) in [5, 5.41) is 3.40. The van der Waals surface area contributed by atoms with E-state index in [0.717, 1.165) is 12.2 Å². The van der Waals surface area contributed by atoms with E-state index in [4.69, 9.17) is 4.74 Å². The number of benzene rings is 2. The fourth-order valence-electron chi connectivity index (χ4n) is 2.44. The summed E-state index contributed by atoms with van der Waals surface area (Å²) in [4.78, 5) is 0. The summed E-state index contributed by atoms with van der Waals surface area (Å²) in [5.41, 5.74) is 3.92. The predicted octanol–water partition coefficient (Wildman–Crippen LogP) is 3.96. The molecule has 0 spiro atoms. The molecule has 1 N–H and O–H groups in total. The van der Waals surface area contributed by atoms with Gasteiger partial charge in [-0.3, -0.25) is 0 Å². The van der Waals surface area contributed by atoms with Gasteiger partial charge in [0.05, 0.1) is 12.6 Å². The Balaban J connectivity index is 2.26. The van der Waals surface area contributed by atoms with Gasteiger partial charge in [-0.25, -0.2) is 0 Å². The maximum Gasteiger partial charge on any atom is 0.119 e. The Bertz CT molecular complexity index is 533. The highest BCUT2D eigenvalue weighted by atomic mass is 16.5. The number of nitrogens with one attached hydrogen (secondary N) is 1. The predicted molar refractivity (Wildman–Crippen MR) is 84.3 cm³/mol. The molecule has 0 bridgehead atoms. The second kappa shape index (κ2) is 7.11. The fourth-order valence-corrected chi connectivity index (χ4v) is 2.44. The van der Waals surface area contributed by atoms with Gasteiger partial charge in [-0.2, -0.15) is 0 Å². The first kappa shape index (κ1) is 14.6. The second-order valence-corrected chi connectivity index (χ2v) is 4.82. The largest absolute Gasteiger partial charge is 0.494 e. The topological polar surface area (TPSA) is 21.3 Å². The molecule has 0 radical (unpaired) electrons. The van der Waals surface area contributed by atoms with E-state index in [9.17, 15) is 0 Å². The van der Waals surface area contributed by atoms with Crippen molar-refractivity contribution in [1.29, 1.82) is 0 Å². The maximum atomic E-state index is 5.50. The Labute approximate surface area is 121 Å². The average Bonchev–Trinajstić information content (AvgIpc) is 2.50. The minimum Gasteiger partial charge on any atom is -0.494 e. The van der Waals surface area contributed by atoms with Crippen LogP contribution in [-0.4, -0.2) is 13.7 Å². The molecule has 0 fully saturated rings. The molecular formula is C18H23NO. The van der Waals surface area contributed by atoms with E-state index in [0.29, 0.717) is 6.61 Å². The molecule has 0 heterocycles. The Morgan fingerprint density at radius 1 is 1.00 bits per heavy atom. The van der Waals surface area contributed by atoms with Gasteiger partial charge in [0.1, 0.15) is 5.75 Å². The molecule has 20 heavy (non-hydrogen) atoms. The van der Waals surface area contributed by atoms with Crippen LogP contribution in [0.4, 0.5) is 0 Å². The van der Waals surface area contributed by atoms with Gasteiger partial charge in [0.25, 0.3) is 0 Å². The van der Waals surface area contributed by atoms with Gasteiger partial charge in [-0.15, -0.1) is 0 Å². The van der Waals surface area contributed by atoms with Crippen molar-refractivity contribution >= 4 is 0 Å². The summed E-state index contributed by atoms with van der Waals surface area (Å²) in [6.45, 7) is 4.89. The van der Waals surface area contributed by atoms with E-state index in [1.165, 1.54) is 16.7 Å². The summed E-state index contributed by atoms with van der Waals surface area (Å²) >= 11 is 0. The first-order valence-electron chi connectivity index (χ1n) is 7.27. The van der Waals surface area contributed by atoms with E-state index >= 15 is 0 Å². The van der Waals surface area contributed by atoms with Crippen molar-refractivity contribution in [3.8, 4) is 5.75 Å². The second-order valence-electron chi connectivity index (χ2n) is 4.82. The lowest BCUT2D eigenvalue weighted by Crippen LogP contribution is -2.17. The Kier molecular flexibility index (Phi) is 5.19. The lowest BCUT2D eigenvalue weighted by atomic mass is 9.96. The summed E-state index contributed by atoms with van der Waals surface area (Å²) in [6.07, 6.45) is 1.06. The summed E-state index contributed by atoms with van der Waals surface area (Å²) in [7, 11) is 2.00. The van der Waals surface area contributed by atoms with Gasteiger partial charge in [0, 0.05) is 0 Å². The highest BCUT2D eigenvalue weighted by molar-refractivity contribution is 5.37. The number of ether oxygens (including phenoxy) is 1. The van der Waals surface area contributed by atoms with Crippen LogP contribution < -0.4 is 10.1 Å². The SMILES string of the molecule is CCOc1ccc(C(NC)c2cccc(CC)c2)cc1. The maximum absolute atomic E-state index is 5.50. The zero-order valence-electron chi connectivity index (χ0n) is 12.5. The number of hydrogen-bond acceptors (Lipinski definition) is 2. The van der Waals surface area contributed by atoms with Crippen molar-refractivity contribution in [3.63, 3.8) is 0 Å². The van der Waals surface area contributed by atoms with E-state index in [-0.39, 0.29) is 6.04 Å². The Hall–Kier alpha value is -1.80. The van der Waals surface area contributed by atoms with E-state index in [1.807, 2.05) is 26.1 Å². The first-order valence-corrected chi connectivity index (χ1v) is 7.27. The first-order chi connectivity index (χ1) is 9.78. The van der Waals surface area contributed by atoms with Gasteiger partial charge in [0.15, 0.2) is 0 Å². The molecule has 1 atom stereocenters. The van der Waals surface area contributed by atoms with Crippen LogP contribution >= 0.6 is 0 Å². The van der Waals surface area contributed by atoms with Crippen molar-refractivity contribution in [2.24, 2.45) is 0 Å². The van der Waals surface area contributed by atoms with Crippen molar-refractivity contribution in [2.75, 3.05) is 13.7 Å². The van der Waals surface area contributed by atoms with Crippen LogP contribution in [0.2, 0.25) is 0 Å². The minimum absolute atomic E-state index is 0.220. The fraction of sp³-hybridized carbons (Fsp3) is 0.333. The molecule has 0 aliphatic rings. The van der Waals surface area contributed by atoms with Gasteiger partial charge >= 0.3 is 0 Å². The molecule has 2 heteroatoms. The highest BCUT2D eigenvalue weighted by Crippen LogP contribution is 2.24. The van der Waals surface area contributed by atoms with Crippen LogP contribution in [0.25, 0.3) is 0 Å². The van der Waals surface area contributed by atoms with E-state index < -0.39 is 0 Å². The smallest absolute Gasteiger partial charge is 0.119 e. The van der Waals surface area contributed by atoms with Crippen LogP contribution in [0, 0.1) is 0 Å². The molecule has 0 aliphatic heterocycles. The normalized spacial score (nSPS) is 12.2. The quantitative estimate of drug-likeness (QED) is 0.857. The average molecular weight is 269 g/mol. The molecule has 2 aromatic carbocycles. The third kappa shape index (κ3) is 3.40. The third-order valence-electron chi connectivity index (χ3n) is 3.51. The van der Waals surface area contributed by atoms with Crippen molar-refractivity contribution in [2.45, 2.75) is 26.3 Å². The van der Waals surface area contributed by atoms with Crippen molar-refractivity contribution in [3.05, 3.63) is 65.2 Å². The Morgan fingerprint density at radius 2 is 1.75 bits per heavy atom. The molecular weight excluding hydrogens is 246 g/mol. The lowest BCUT2D eigenvalue weighted by Gasteiger charge is -2.18. The third-order valence-corrected chi connectivity index (χ3v) is 3.51. The summed E-state index contributed by atoms with van der Waals surface area (Å²) in [6, 6.07) is 17.3. The van der Waals surface area contributed by atoms with E-state index in [2.05, 4.69) is 48.6 Å². The monoisotopic (exact) mass is 269 g/mol. The van der Waals surface area contributed by atoms with Crippen LogP contribution in [0.5, 0.6) is 5.75 Å². The van der Waals surface area contributed by atoms with E-state index in [1.54, 1.807) is 0 Å². The minimum atomic E-state index is 0.220. The molecule has 0 aliphatic carbocycles. The van der Waals surface area contributed by atoms with Crippen LogP contribution in [-0.2, 0) is 6.42 Å². The van der Waals surface area contributed by atoms with Crippen LogP contribution in [0.15, 0.2) is 48.5 Å². The lowest BCUT2D eigenvalue weighted by molar-refractivity contribution is 0.340. The van der Waals surface area contributed by atoms with Gasteiger partial charge < -0.3 is 10.1 Å². The molecule has 0 amide bonds. The zero-order chi connectivity index (χ0) is 14.4. The number of aryl methyl sites for hydroxylation is 1. The molecule has 2 nitrogen and oxygen atoms in total. The van der Waals surface area contributed by atoms with Crippen LogP contribution in [0.3, 0.4) is 0 Å². The summed E-state index contributed by atoms with van der Waals surface area (Å²) in [5.74, 6) is 0.924. The molecule has 0 saturated heterocycles. The van der Waals surface area contributed by atoms with Crippen molar-refractivity contribution < 1.29 is 4.74 Å². The standard InChI is InChI=1S/C18H23NO/c1-4-14-7-6-8-16(13-14)18(19-3)15-9-11-17(12-10-15)20-5-2/h6-13,18-19H,4-5H2,1-3H3. The van der Waals surface area contributed by atoms with Crippen LogP contribution in [0.1, 0.15) is 36.6 Å². The van der Waals surface area contributed by atoms with Gasteiger partial charge in [-0.05, 0) is 49.2 Å².